The summed E-state index contributed by atoms with van der Waals surface area (Å²) in [4.78, 5) is 22.3. The van der Waals surface area contributed by atoms with Crippen molar-refractivity contribution in [2.75, 3.05) is 11.9 Å². The van der Waals surface area contributed by atoms with E-state index >= 15 is 0 Å². The van der Waals surface area contributed by atoms with Crippen molar-refractivity contribution in [2.45, 2.75) is 0 Å². The van der Waals surface area contributed by atoms with Crippen molar-refractivity contribution in [3.8, 4) is 11.5 Å². The first kappa shape index (κ1) is 12.9. The van der Waals surface area contributed by atoms with Crippen LogP contribution in [-0.4, -0.2) is 16.9 Å². The Kier molecular flexibility index (Phi) is 2.72. The van der Waals surface area contributed by atoms with Gasteiger partial charge in [0.15, 0.2) is 11.5 Å². The molecule has 0 bridgehead atoms. The van der Waals surface area contributed by atoms with E-state index in [1.165, 1.54) is 30.3 Å². The predicted molar refractivity (Wildman–Crippen MR) is 74.3 cm³/mol. The number of nitro groups is 2. The second-order valence-corrected chi connectivity index (χ2v) is 4.48. The zero-order valence-corrected chi connectivity index (χ0v) is 10.8. The van der Waals surface area contributed by atoms with Crippen LogP contribution in [0.25, 0.3) is 0 Å². The Morgan fingerprint density at radius 2 is 1.52 bits per heavy atom. The number of non-ortho nitro benzene ring substituents is 2. The summed E-state index contributed by atoms with van der Waals surface area (Å²) in [6.45, 7) is 0. The molecule has 1 aliphatic rings. The van der Waals surface area contributed by atoms with Crippen molar-refractivity contribution in [2.24, 2.45) is 0 Å². The molecule has 0 aromatic heterocycles. The number of benzene rings is 2. The van der Waals surface area contributed by atoms with E-state index in [0.717, 1.165) is 0 Å². The fourth-order valence-corrected chi connectivity index (χ4v) is 2.19. The highest BCUT2D eigenvalue weighted by molar-refractivity contribution is 5.79. The summed E-state index contributed by atoms with van der Waals surface area (Å²) < 4.78 is 5.60. The van der Waals surface area contributed by atoms with Crippen molar-refractivity contribution in [3.05, 3.63) is 56.6 Å². The highest BCUT2D eigenvalue weighted by Gasteiger charge is 2.25. The summed E-state index contributed by atoms with van der Waals surface area (Å²) >= 11 is 0. The van der Waals surface area contributed by atoms with Gasteiger partial charge in [0.1, 0.15) is 0 Å². The molecule has 0 saturated carbocycles. The van der Waals surface area contributed by atoms with Crippen LogP contribution < -0.4 is 9.64 Å². The van der Waals surface area contributed by atoms with E-state index in [2.05, 4.69) is 0 Å². The molecule has 0 radical (unpaired) electrons. The summed E-state index contributed by atoms with van der Waals surface area (Å²) in [5, 5.41) is 21.6. The zero-order chi connectivity index (χ0) is 15.1. The highest BCUT2D eigenvalue weighted by atomic mass is 16.6. The Labute approximate surface area is 118 Å². The zero-order valence-electron chi connectivity index (χ0n) is 10.8. The molecule has 8 heteroatoms. The summed E-state index contributed by atoms with van der Waals surface area (Å²) in [5.41, 5.74) is 1.02. The lowest BCUT2D eigenvalue weighted by Gasteiger charge is -2.29. The fraction of sp³-hybridized carbons (Fsp3) is 0.0769. The number of anilines is 2. The van der Waals surface area contributed by atoms with E-state index in [4.69, 9.17) is 4.74 Å². The van der Waals surface area contributed by atoms with Crippen molar-refractivity contribution < 1.29 is 14.6 Å². The Hall–Kier alpha value is -3.16. The van der Waals surface area contributed by atoms with Gasteiger partial charge in [-0.15, -0.1) is 0 Å². The minimum absolute atomic E-state index is 0.0467. The second-order valence-electron chi connectivity index (χ2n) is 4.48. The third kappa shape index (κ3) is 2.02. The number of nitrogens with zero attached hydrogens (tertiary/aromatic N) is 3. The molecule has 1 heterocycles. The molecular formula is C13H9N3O5. The number of hydrogen-bond acceptors (Lipinski definition) is 6. The van der Waals surface area contributed by atoms with Gasteiger partial charge in [-0.1, -0.05) is 0 Å². The van der Waals surface area contributed by atoms with Gasteiger partial charge in [0.2, 0.25) is 0 Å². The molecule has 1 aliphatic heterocycles. The Morgan fingerprint density at radius 1 is 0.905 bits per heavy atom. The maximum absolute atomic E-state index is 10.8. The number of rotatable bonds is 2. The van der Waals surface area contributed by atoms with E-state index in [1.54, 1.807) is 18.0 Å². The second kappa shape index (κ2) is 4.44. The smallest absolute Gasteiger partial charge is 0.273 e. The summed E-state index contributed by atoms with van der Waals surface area (Å²) in [6.07, 6.45) is 0. The summed E-state index contributed by atoms with van der Waals surface area (Å²) in [5.74, 6) is 0.754. The third-order valence-corrected chi connectivity index (χ3v) is 3.25. The van der Waals surface area contributed by atoms with Gasteiger partial charge in [-0.2, -0.15) is 0 Å². The molecule has 0 spiro atoms. The third-order valence-electron chi connectivity index (χ3n) is 3.25. The van der Waals surface area contributed by atoms with Gasteiger partial charge in [-0.05, 0) is 12.1 Å². The van der Waals surface area contributed by atoms with Gasteiger partial charge in [-0.3, -0.25) is 20.2 Å². The lowest BCUT2D eigenvalue weighted by atomic mass is 10.1. The molecule has 106 valence electrons. The fourth-order valence-electron chi connectivity index (χ4n) is 2.19. The Bertz CT molecular complexity index is 774. The molecule has 2 aromatic rings. The van der Waals surface area contributed by atoms with E-state index < -0.39 is 9.85 Å². The first-order valence-electron chi connectivity index (χ1n) is 5.96. The average molecular weight is 287 g/mol. The van der Waals surface area contributed by atoms with E-state index in [9.17, 15) is 20.2 Å². The number of ether oxygens (including phenoxy) is 1. The molecule has 0 fully saturated rings. The van der Waals surface area contributed by atoms with E-state index in [0.29, 0.717) is 22.9 Å². The lowest BCUT2D eigenvalue weighted by Crippen LogP contribution is -2.16. The topological polar surface area (TPSA) is 98.8 Å². The van der Waals surface area contributed by atoms with Crippen LogP contribution in [0.1, 0.15) is 0 Å². The van der Waals surface area contributed by atoms with Gasteiger partial charge in [0.25, 0.3) is 11.4 Å². The SMILES string of the molecule is CN1c2ccc([N+](=O)[O-])cc2Oc2ccc([N+](=O)[O-])cc21. The van der Waals surface area contributed by atoms with Crippen molar-refractivity contribution >= 4 is 22.7 Å². The number of nitro benzene ring substituents is 2. The normalized spacial score (nSPS) is 12.1. The molecule has 21 heavy (non-hydrogen) atoms. The quantitative estimate of drug-likeness (QED) is 0.620. The van der Waals surface area contributed by atoms with E-state index in [1.807, 2.05) is 0 Å². The molecule has 0 N–H and O–H groups in total. The first-order chi connectivity index (χ1) is 9.97. The Morgan fingerprint density at radius 3 is 2.19 bits per heavy atom. The van der Waals surface area contributed by atoms with Gasteiger partial charge >= 0.3 is 0 Å². The monoisotopic (exact) mass is 287 g/mol. The van der Waals surface area contributed by atoms with Crippen LogP contribution in [0.3, 0.4) is 0 Å². The molecule has 0 unspecified atom stereocenters. The molecule has 0 amide bonds. The molecule has 0 atom stereocenters. The molecular weight excluding hydrogens is 278 g/mol. The minimum Gasteiger partial charge on any atom is -0.453 e. The Balaban J connectivity index is 2.10. The lowest BCUT2D eigenvalue weighted by molar-refractivity contribution is -0.385. The molecule has 3 rings (SSSR count). The van der Waals surface area contributed by atoms with Crippen LogP contribution >= 0.6 is 0 Å². The maximum Gasteiger partial charge on any atom is 0.273 e. The van der Waals surface area contributed by atoms with E-state index in [-0.39, 0.29) is 11.4 Å². The van der Waals surface area contributed by atoms with Crippen LogP contribution in [0.4, 0.5) is 22.7 Å². The average Bonchev–Trinajstić information content (AvgIpc) is 2.46. The van der Waals surface area contributed by atoms with Crippen LogP contribution in [0.5, 0.6) is 11.5 Å². The minimum atomic E-state index is -0.505. The molecule has 8 nitrogen and oxygen atoms in total. The van der Waals surface area contributed by atoms with Crippen LogP contribution in [0, 0.1) is 20.2 Å². The van der Waals surface area contributed by atoms with Crippen LogP contribution in [0.2, 0.25) is 0 Å². The van der Waals surface area contributed by atoms with Gasteiger partial charge in [0.05, 0.1) is 27.3 Å². The maximum atomic E-state index is 10.8. The van der Waals surface area contributed by atoms with Crippen molar-refractivity contribution in [1.29, 1.82) is 0 Å². The van der Waals surface area contributed by atoms with Crippen molar-refractivity contribution in [3.63, 3.8) is 0 Å². The molecule has 0 saturated heterocycles. The van der Waals surface area contributed by atoms with Gasteiger partial charge in [-0.25, -0.2) is 0 Å². The standard InChI is InChI=1S/C13H9N3O5/c1-14-10-4-2-9(16(19)20)7-13(10)21-12-5-3-8(15(17)18)6-11(12)14/h2-7H,1H3. The number of fused-ring (bicyclic) bond motifs is 2. The predicted octanol–water partition coefficient (Wildman–Crippen LogP) is 3.38. The van der Waals surface area contributed by atoms with Crippen LogP contribution in [0.15, 0.2) is 36.4 Å². The van der Waals surface area contributed by atoms with Crippen molar-refractivity contribution in [1.82, 2.24) is 0 Å². The molecule has 0 aliphatic carbocycles. The molecule has 2 aromatic carbocycles. The summed E-state index contributed by atoms with van der Waals surface area (Å²) in [6, 6.07) is 8.45. The van der Waals surface area contributed by atoms with Crippen LogP contribution in [-0.2, 0) is 0 Å². The first-order valence-corrected chi connectivity index (χ1v) is 5.96. The van der Waals surface area contributed by atoms with Gasteiger partial charge in [0, 0.05) is 25.2 Å². The number of hydrogen-bond donors (Lipinski definition) is 0. The largest absolute Gasteiger partial charge is 0.453 e. The van der Waals surface area contributed by atoms with Gasteiger partial charge < -0.3 is 9.64 Å². The summed E-state index contributed by atoms with van der Waals surface area (Å²) in [7, 11) is 1.72. The highest BCUT2D eigenvalue weighted by Crippen LogP contribution is 2.47.